The molecule has 16 heteroatoms. The molecule has 2 fully saturated rings. The lowest BCUT2D eigenvalue weighted by Crippen LogP contribution is -2.40. The molecule has 0 aliphatic carbocycles. The van der Waals surface area contributed by atoms with Crippen LogP contribution in [0, 0.1) is 0 Å². The van der Waals surface area contributed by atoms with Gasteiger partial charge in [-0.25, -0.2) is 14.0 Å². The summed E-state index contributed by atoms with van der Waals surface area (Å²) in [5.41, 5.74) is -1.69. The van der Waals surface area contributed by atoms with Crippen LogP contribution in [0.4, 0.5) is 4.39 Å². The highest BCUT2D eigenvalue weighted by molar-refractivity contribution is 5.49. The Labute approximate surface area is 331 Å². The van der Waals surface area contributed by atoms with Gasteiger partial charge in [0, 0.05) is 38.1 Å². The van der Waals surface area contributed by atoms with E-state index in [1.807, 2.05) is 78.9 Å². The highest BCUT2D eigenvalue weighted by Gasteiger charge is 2.49. The Morgan fingerprint density at radius 2 is 1.29 bits per heavy atom. The van der Waals surface area contributed by atoms with Gasteiger partial charge in [0.25, 0.3) is 11.1 Å². The summed E-state index contributed by atoms with van der Waals surface area (Å²) in [7, 11) is 4.65. The molecule has 0 radical (unpaired) electrons. The van der Waals surface area contributed by atoms with Gasteiger partial charge in [0.2, 0.25) is 0 Å². The number of benzene rings is 3. The Bertz CT molecular complexity index is 2370. The predicted octanol–water partition coefficient (Wildman–Crippen LogP) is 3.59. The quantitative estimate of drug-likeness (QED) is 0.117. The lowest BCUT2D eigenvalue weighted by atomic mass is 9.80. The third-order valence-electron chi connectivity index (χ3n) is 10.3. The van der Waals surface area contributed by atoms with Crippen LogP contribution >= 0.6 is 0 Å². The number of hydrogen-bond donors (Lipinski definition) is 2. The number of methoxy groups -OCH3 is 3. The fourth-order valence-electron chi connectivity index (χ4n) is 7.41. The molecule has 15 nitrogen and oxygen atoms in total. The van der Waals surface area contributed by atoms with Gasteiger partial charge in [-0.3, -0.25) is 28.7 Å². The maximum atomic E-state index is 16.6. The standard InChI is InChI=1S/C42H43FN4O11/c1-52-29-15-11-27(12-16-29)42(26-8-5-4-6-9-26,28-13-17-30(53-2)18-14-28)56-25-33-37(36(43)39(58-33)47-22-20-35(49)45-41(47)51)55-23-7-10-31-24-32(54-3)38(57-31)46-21-19-34(48)44-40(46)50/h4-22,31-33,36-39H,23-25H2,1-3H3,(H,44,48,50)(H,45,49,51)/b10-7-/t31-,32+,33+,36+,37+,38+,39+/m0/s1. The Kier molecular flexibility index (Phi) is 12.3. The summed E-state index contributed by atoms with van der Waals surface area (Å²) in [6.07, 6.45) is -1.20. The average molecular weight is 799 g/mol. The Morgan fingerprint density at radius 3 is 1.83 bits per heavy atom. The van der Waals surface area contributed by atoms with Crippen molar-refractivity contribution >= 4 is 0 Å². The molecule has 3 aromatic carbocycles. The molecule has 7 rings (SSSR count). The number of nitrogens with zero attached hydrogens (tertiary/aromatic N) is 2. The van der Waals surface area contributed by atoms with Crippen molar-refractivity contribution in [2.24, 2.45) is 0 Å². The maximum Gasteiger partial charge on any atom is 0.330 e. The summed E-state index contributed by atoms with van der Waals surface area (Å²) in [5.74, 6) is 1.27. The number of aromatic nitrogens is 4. The van der Waals surface area contributed by atoms with Crippen LogP contribution in [0.25, 0.3) is 0 Å². The Balaban J connectivity index is 1.18. The van der Waals surface area contributed by atoms with Crippen molar-refractivity contribution < 1.29 is 37.5 Å². The van der Waals surface area contributed by atoms with Gasteiger partial charge >= 0.3 is 11.4 Å². The summed E-state index contributed by atoms with van der Waals surface area (Å²) in [6, 6.07) is 26.7. The molecule has 2 aromatic heterocycles. The van der Waals surface area contributed by atoms with Gasteiger partial charge in [-0.05, 0) is 41.0 Å². The molecule has 304 valence electrons. The van der Waals surface area contributed by atoms with Crippen LogP contribution in [0.2, 0.25) is 0 Å². The zero-order valence-electron chi connectivity index (χ0n) is 31.9. The van der Waals surface area contributed by atoms with Crippen molar-refractivity contribution in [2.75, 3.05) is 34.5 Å². The van der Waals surface area contributed by atoms with E-state index >= 15 is 4.39 Å². The first-order chi connectivity index (χ1) is 28.1. The smallest absolute Gasteiger partial charge is 0.330 e. The minimum atomic E-state index is -1.88. The van der Waals surface area contributed by atoms with Crippen molar-refractivity contribution in [2.45, 2.75) is 55.1 Å². The number of ether oxygens (including phenoxy) is 7. The van der Waals surface area contributed by atoms with E-state index in [1.165, 1.54) is 30.1 Å². The molecule has 0 bridgehead atoms. The van der Waals surface area contributed by atoms with Gasteiger partial charge in [0.05, 0.1) is 33.5 Å². The normalized spacial score (nSPS) is 23.3. The number of nitrogens with one attached hydrogen (secondary N) is 2. The first kappa shape index (κ1) is 40.3. The van der Waals surface area contributed by atoms with Crippen LogP contribution in [-0.4, -0.2) is 84.2 Å². The minimum Gasteiger partial charge on any atom is -0.497 e. The fourth-order valence-corrected chi connectivity index (χ4v) is 7.41. The van der Waals surface area contributed by atoms with Crippen molar-refractivity contribution in [3.63, 3.8) is 0 Å². The molecule has 0 spiro atoms. The molecule has 4 heterocycles. The molecule has 5 aromatic rings. The van der Waals surface area contributed by atoms with E-state index in [2.05, 4.69) is 9.97 Å². The van der Waals surface area contributed by atoms with E-state index in [0.29, 0.717) is 17.9 Å². The second-order valence-corrected chi connectivity index (χ2v) is 13.7. The summed E-state index contributed by atoms with van der Waals surface area (Å²) >= 11 is 0. The SMILES string of the molecule is COc1ccc(C(OC[C@H]2O[C@@H](n3ccc(=O)[nH]c3=O)[C@H](F)[C@@H]2OC/C=C\[C@H]2C[C@@H](OC)[C@H](n3ccc(=O)[nH]c3=O)O2)(c2ccccc2)c2ccc(OC)cc2)cc1. The molecule has 7 atom stereocenters. The van der Waals surface area contributed by atoms with E-state index in [4.69, 9.17) is 33.2 Å². The van der Waals surface area contributed by atoms with Crippen LogP contribution in [0.5, 0.6) is 11.5 Å². The predicted molar refractivity (Wildman–Crippen MR) is 208 cm³/mol. The third kappa shape index (κ3) is 8.23. The van der Waals surface area contributed by atoms with Crippen LogP contribution < -0.4 is 32.0 Å². The first-order valence-corrected chi connectivity index (χ1v) is 18.5. The summed E-state index contributed by atoms with van der Waals surface area (Å²) < 4.78 is 60.9. The lowest BCUT2D eigenvalue weighted by molar-refractivity contribution is -0.102. The molecule has 2 aliphatic rings. The highest BCUT2D eigenvalue weighted by atomic mass is 19.1. The molecule has 0 saturated carbocycles. The van der Waals surface area contributed by atoms with Crippen LogP contribution in [0.1, 0.15) is 35.6 Å². The Hall–Kier alpha value is -5.91. The largest absolute Gasteiger partial charge is 0.497 e. The van der Waals surface area contributed by atoms with E-state index < -0.39 is 71.1 Å². The molecule has 0 unspecified atom stereocenters. The second-order valence-electron chi connectivity index (χ2n) is 13.7. The lowest BCUT2D eigenvalue weighted by Gasteiger charge is -2.37. The minimum absolute atomic E-state index is 0.0975. The summed E-state index contributed by atoms with van der Waals surface area (Å²) in [6.45, 7) is -0.313. The van der Waals surface area contributed by atoms with Crippen molar-refractivity contribution in [1.29, 1.82) is 0 Å². The van der Waals surface area contributed by atoms with Crippen molar-refractivity contribution in [1.82, 2.24) is 19.1 Å². The molecular weight excluding hydrogens is 755 g/mol. The van der Waals surface area contributed by atoms with Gasteiger partial charge in [0.1, 0.15) is 35.4 Å². The topological polar surface area (TPSA) is 174 Å². The van der Waals surface area contributed by atoms with Gasteiger partial charge in [-0.2, -0.15) is 0 Å². The number of hydrogen-bond acceptors (Lipinski definition) is 11. The Morgan fingerprint density at radius 1 is 0.741 bits per heavy atom. The summed E-state index contributed by atoms with van der Waals surface area (Å²) in [4.78, 5) is 53.2. The number of H-pyrrole nitrogens is 2. The average Bonchev–Trinajstić information content (AvgIpc) is 3.80. The highest BCUT2D eigenvalue weighted by Crippen LogP contribution is 2.43. The third-order valence-corrected chi connectivity index (χ3v) is 10.3. The zero-order valence-corrected chi connectivity index (χ0v) is 31.9. The van der Waals surface area contributed by atoms with Crippen LogP contribution in [-0.2, 0) is 29.3 Å². The molecule has 0 amide bonds. The molecular formula is C42H43FN4O11. The maximum absolute atomic E-state index is 16.6. The molecule has 2 aliphatic heterocycles. The van der Waals surface area contributed by atoms with E-state index in [1.54, 1.807) is 26.4 Å². The van der Waals surface area contributed by atoms with Crippen molar-refractivity contribution in [3.8, 4) is 11.5 Å². The molecule has 58 heavy (non-hydrogen) atoms. The van der Waals surface area contributed by atoms with E-state index in [9.17, 15) is 19.2 Å². The van der Waals surface area contributed by atoms with Gasteiger partial charge in [-0.1, -0.05) is 66.7 Å². The van der Waals surface area contributed by atoms with Crippen LogP contribution in [0.3, 0.4) is 0 Å². The monoisotopic (exact) mass is 798 g/mol. The fraction of sp³-hybridized carbons (Fsp3) is 0.333. The second kappa shape index (κ2) is 17.7. The van der Waals surface area contributed by atoms with Gasteiger partial charge in [-0.15, -0.1) is 0 Å². The van der Waals surface area contributed by atoms with Gasteiger partial charge in [0.15, 0.2) is 18.6 Å². The van der Waals surface area contributed by atoms with Crippen LogP contribution in [0.15, 0.2) is 135 Å². The summed E-state index contributed by atoms with van der Waals surface area (Å²) in [5, 5.41) is 0. The first-order valence-electron chi connectivity index (χ1n) is 18.5. The number of aromatic amines is 2. The van der Waals surface area contributed by atoms with E-state index in [0.717, 1.165) is 27.3 Å². The van der Waals surface area contributed by atoms with Gasteiger partial charge < -0.3 is 33.2 Å². The zero-order chi connectivity index (χ0) is 40.8. The number of rotatable bonds is 15. The van der Waals surface area contributed by atoms with Crippen molar-refractivity contribution in [3.05, 3.63) is 174 Å². The van der Waals surface area contributed by atoms with E-state index in [-0.39, 0.29) is 13.2 Å². The molecule has 2 saturated heterocycles. The number of alkyl halides is 1. The number of halogens is 1. The molecule has 2 N–H and O–H groups in total.